The van der Waals surface area contributed by atoms with Crippen molar-refractivity contribution in [3.8, 4) is 11.5 Å². The monoisotopic (exact) mass is 239 g/mol. The summed E-state index contributed by atoms with van der Waals surface area (Å²) in [5.41, 5.74) is -0.294. The number of hydrogen-bond donors (Lipinski definition) is 2. The van der Waals surface area contributed by atoms with Gasteiger partial charge in [-0.15, -0.1) is 0 Å². The summed E-state index contributed by atoms with van der Waals surface area (Å²) in [4.78, 5) is 14.1. The fraction of sp³-hybridized carbons (Fsp3) is 0.364. The quantitative estimate of drug-likeness (QED) is 0.473. The topological polar surface area (TPSA) is 69.9 Å². The Morgan fingerprint density at radius 3 is 2.50 bits per heavy atom. The second-order valence-corrected chi connectivity index (χ2v) is 4.29. The predicted molar refractivity (Wildman–Crippen MR) is 58.4 cm³/mol. The molecule has 0 amide bonds. The lowest BCUT2D eigenvalue weighted by molar-refractivity contribution is 0.245. The van der Waals surface area contributed by atoms with Gasteiger partial charge < -0.3 is 10.2 Å². The van der Waals surface area contributed by atoms with Crippen LogP contribution in [-0.2, 0) is 10.3 Å². The fourth-order valence-electron chi connectivity index (χ4n) is 1.97. The molecule has 1 aromatic rings. The summed E-state index contributed by atoms with van der Waals surface area (Å²) in [6.45, 7) is 0. The molecule has 1 aliphatic rings. The standard InChI is InChI=1S/C11H10ClNO3/c12-8-3-2-7(9(15)10(8)16)11(13-6-14)4-1-5-11/h2-3,15-16H,1,4-5H2. The Morgan fingerprint density at radius 2 is 2.00 bits per heavy atom. The summed E-state index contributed by atoms with van der Waals surface area (Å²) in [7, 11) is 0. The SMILES string of the molecule is O=C=NC1(c2ccc(Cl)c(O)c2O)CCC1. The number of aromatic hydroxyl groups is 2. The summed E-state index contributed by atoms with van der Waals surface area (Å²) in [6.07, 6.45) is 3.77. The molecule has 0 aromatic heterocycles. The summed E-state index contributed by atoms with van der Waals surface area (Å²) in [5.74, 6) is -0.669. The largest absolute Gasteiger partial charge is 0.504 e. The van der Waals surface area contributed by atoms with Crippen LogP contribution < -0.4 is 0 Å². The highest BCUT2D eigenvalue weighted by Gasteiger charge is 2.41. The van der Waals surface area contributed by atoms with E-state index in [1.54, 1.807) is 6.07 Å². The number of isocyanates is 1. The molecule has 4 nitrogen and oxygen atoms in total. The van der Waals surface area contributed by atoms with E-state index in [4.69, 9.17) is 11.6 Å². The Bertz CT molecular complexity index is 476. The number of rotatable bonds is 2. The van der Waals surface area contributed by atoms with Gasteiger partial charge in [0.15, 0.2) is 11.5 Å². The Morgan fingerprint density at radius 1 is 1.31 bits per heavy atom. The fourth-order valence-corrected chi connectivity index (χ4v) is 2.12. The number of nitrogens with zero attached hydrogens (tertiary/aromatic N) is 1. The van der Waals surface area contributed by atoms with Gasteiger partial charge in [0, 0.05) is 5.56 Å². The first-order chi connectivity index (χ1) is 7.60. The van der Waals surface area contributed by atoms with E-state index in [2.05, 4.69) is 4.99 Å². The molecule has 0 aliphatic heterocycles. The van der Waals surface area contributed by atoms with Crippen LogP contribution in [0.4, 0.5) is 0 Å². The van der Waals surface area contributed by atoms with Crippen LogP contribution in [-0.4, -0.2) is 16.3 Å². The van der Waals surface area contributed by atoms with E-state index >= 15 is 0 Å². The smallest absolute Gasteiger partial charge is 0.235 e. The van der Waals surface area contributed by atoms with E-state index < -0.39 is 5.54 Å². The summed E-state index contributed by atoms with van der Waals surface area (Å²) < 4.78 is 0. The Kier molecular flexibility index (Phi) is 2.62. The summed E-state index contributed by atoms with van der Waals surface area (Å²) in [5, 5.41) is 19.4. The summed E-state index contributed by atoms with van der Waals surface area (Å²) in [6, 6.07) is 3.06. The van der Waals surface area contributed by atoms with Crippen LogP contribution in [0.15, 0.2) is 17.1 Å². The molecule has 0 heterocycles. The number of phenols is 2. The molecule has 84 valence electrons. The highest BCUT2D eigenvalue weighted by atomic mass is 35.5. The van der Waals surface area contributed by atoms with E-state index in [1.165, 1.54) is 12.1 Å². The molecule has 1 fully saturated rings. The molecule has 0 spiro atoms. The van der Waals surface area contributed by atoms with Gasteiger partial charge in [0.1, 0.15) is 5.54 Å². The minimum absolute atomic E-state index is 0.0748. The number of hydrogen-bond acceptors (Lipinski definition) is 4. The third kappa shape index (κ3) is 1.47. The zero-order valence-electron chi connectivity index (χ0n) is 8.40. The van der Waals surface area contributed by atoms with Crippen molar-refractivity contribution in [1.29, 1.82) is 0 Å². The van der Waals surface area contributed by atoms with Crippen LogP contribution in [0.5, 0.6) is 11.5 Å². The van der Waals surface area contributed by atoms with Crippen LogP contribution in [0.1, 0.15) is 24.8 Å². The van der Waals surface area contributed by atoms with Crippen molar-refractivity contribution in [2.45, 2.75) is 24.8 Å². The van der Waals surface area contributed by atoms with Crippen molar-refractivity contribution in [3.63, 3.8) is 0 Å². The van der Waals surface area contributed by atoms with E-state index in [0.717, 1.165) is 6.42 Å². The molecule has 0 atom stereocenters. The molecular formula is C11H10ClNO3. The first-order valence-electron chi connectivity index (χ1n) is 4.91. The van der Waals surface area contributed by atoms with Gasteiger partial charge in [0.25, 0.3) is 0 Å². The number of phenolic OH excluding ortho intramolecular Hbond substituents is 2. The van der Waals surface area contributed by atoms with Gasteiger partial charge in [-0.2, -0.15) is 4.99 Å². The first-order valence-corrected chi connectivity index (χ1v) is 5.28. The molecule has 0 radical (unpaired) electrons. The molecule has 1 aliphatic carbocycles. The third-order valence-electron chi connectivity index (χ3n) is 3.04. The van der Waals surface area contributed by atoms with Gasteiger partial charge in [-0.05, 0) is 25.3 Å². The zero-order chi connectivity index (χ0) is 11.8. The van der Waals surface area contributed by atoms with Gasteiger partial charge in [0.2, 0.25) is 6.08 Å². The number of aliphatic imine (C=N–C) groups is 1. The summed E-state index contributed by atoms with van der Waals surface area (Å²) >= 11 is 5.66. The van der Waals surface area contributed by atoms with E-state index in [0.29, 0.717) is 18.4 Å². The zero-order valence-corrected chi connectivity index (χ0v) is 9.16. The number of benzene rings is 1. The van der Waals surface area contributed by atoms with Gasteiger partial charge in [-0.3, -0.25) is 0 Å². The second-order valence-electron chi connectivity index (χ2n) is 3.88. The van der Waals surface area contributed by atoms with Crippen molar-refractivity contribution in [2.75, 3.05) is 0 Å². The average Bonchev–Trinajstić information content (AvgIpc) is 2.21. The van der Waals surface area contributed by atoms with Crippen LogP contribution in [0.3, 0.4) is 0 Å². The molecule has 0 unspecified atom stereocenters. The Hall–Kier alpha value is -1.51. The highest BCUT2D eigenvalue weighted by Crippen LogP contribution is 2.51. The van der Waals surface area contributed by atoms with Crippen molar-refractivity contribution < 1.29 is 15.0 Å². The molecule has 5 heteroatoms. The van der Waals surface area contributed by atoms with E-state index in [9.17, 15) is 15.0 Å². The van der Waals surface area contributed by atoms with Crippen LogP contribution in [0.25, 0.3) is 0 Å². The van der Waals surface area contributed by atoms with Crippen LogP contribution >= 0.6 is 11.6 Å². The van der Waals surface area contributed by atoms with Gasteiger partial charge >= 0.3 is 0 Å². The predicted octanol–water partition coefficient (Wildman–Crippen LogP) is 2.47. The lowest BCUT2D eigenvalue weighted by atomic mass is 9.72. The average molecular weight is 240 g/mol. The molecule has 0 saturated heterocycles. The lowest BCUT2D eigenvalue weighted by Gasteiger charge is -2.37. The Labute approximate surface area is 97.2 Å². The van der Waals surface area contributed by atoms with Crippen LogP contribution in [0, 0.1) is 0 Å². The highest BCUT2D eigenvalue weighted by molar-refractivity contribution is 6.32. The van der Waals surface area contributed by atoms with E-state index in [1.807, 2.05) is 0 Å². The molecule has 2 rings (SSSR count). The first kappa shape index (κ1) is 11.0. The Balaban J connectivity index is 2.55. The minimum Gasteiger partial charge on any atom is -0.504 e. The van der Waals surface area contributed by atoms with Crippen molar-refractivity contribution in [3.05, 3.63) is 22.7 Å². The maximum atomic E-state index is 10.4. The van der Waals surface area contributed by atoms with Gasteiger partial charge in [0.05, 0.1) is 5.02 Å². The van der Waals surface area contributed by atoms with Crippen molar-refractivity contribution in [2.24, 2.45) is 4.99 Å². The van der Waals surface area contributed by atoms with Crippen molar-refractivity contribution in [1.82, 2.24) is 0 Å². The molecule has 1 saturated carbocycles. The number of halogens is 1. The van der Waals surface area contributed by atoms with Gasteiger partial charge in [-0.1, -0.05) is 17.7 Å². The molecule has 0 bridgehead atoms. The molecule has 16 heavy (non-hydrogen) atoms. The minimum atomic E-state index is -0.728. The maximum absolute atomic E-state index is 10.4. The van der Waals surface area contributed by atoms with E-state index in [-0.39, 0.29) is 16.5 Å². The maximum Gasteiger partial charge on any atom is 0.235 e. The molecular weight excluding hydrogens is 230 g/mol. The van der Waals surface area contributed by atoms with Crippen molar-refractivity contribution >= 4 is 17.7 Å². The third-order valence-corrected chi connectivity index (χ3v) is 3.35. The second kappa shape index (κ2) is 3.81. The van der Waals surface area contributed by atoms with Gasteiger partial charge in [-0.25, -0.2) is 4.79 Å². The molecule has 2 N–H and O–H groups in total. The lowest BCUT2D eigenvalue weighted by Crippen LogP contribution is -2.31. The van der Waals surface area contributed by atoms with Crippen LogP contribution in [0.2, 0.25) is 5.02 Å². The molecule has 1 aromatic carbocycles. The normalized spacial score (nSPS) is 17.3. The number of carbonyl (C=O) groups excluding carboxylic acids is 1.